The number of halogens is 2. The van der Waals surface area contributed by atoms with Crippen molar-refractivity contribution in [3.63, 3.8) is 0 Å². The first-order valence-corrected chi connectivity index (χ1v) is 9.14. The number of hydrogen-bond donors (Lipinski definition) is 0. The van der Waals surface area contributed by atoms with Gasteiger partial charge in [0.1, 0.15) is 12.1 Å². The number of nitrogens with zero attached hydrogens (tertiary/aromatic N) is 6. The van der Waals surface area contributed by atoms with Gasteiger partial charge in [-0.1, -0.05) is 29.8 Å². The van der Waals surface area contributed by atoms with Crippen LogP contribution in [0.2, 0.25) is 10.0 Å². The molecule has 3 aromatic rings. The van der Waals surface area contributed by atoms with Crippen molar-refractivity contribution in [2.75, 3.05) is 31.1 Å². The van der Waals surface area contributed by atoms with E-state index < -0.39 is 0 Å². The molecule has 0 aliphatic carbocycles. The quantitative estimate of drug-likeness (QED) is 0.493. The number of carbonyl (C=O) groups excluding carboxylic acids is 1. The lowest BCUT2D eigenvalue weighted by Gasteiger charge is -2.37. The molecule has 1 fully saturated rings. The fourth-order valence-electron chi connectivity index (χ4n) is 3.04. The van der Waals surface area contributed by atoms with Gasteiger partial charge in [-0.25, -0.2) is 0 Å². The smallest absolute Gasteiger partial charge is 0.208 e. The van der Waals surface area contributed by atoms with E-state index >= 15 is 0 Å². The summed E-state index contributed by atoms with van der Waals surface area (Å²) in [6, 6.07) is 8.67. The Hall–Kier alpha value is -2.64. The highest BCUT2D eigenvalue weighted by molar-refractivity contribution is 6.42. The number of carbonyl (C=O) groups is 1. The summed E-state index contributed by atoms with van der Waals surface area (Å²) in [5.41, 5.74) is 1.64. The molecule has 3 heterocycles. The number of rotatable bonds is 4. The number of Topliss-reactive ketones (excluding diaryl/α,β-unsaturated/α-hetero) is 1. The minimum atomic E-state index is -0.147. The summed E-state index contributed by atoms with van der Waals surface area (Å²) in [6.45, 7) is 6.79. The molecule has 2 aromatic heterocycles. The van der Waals surface area contributed by atoms with Gasteiger partial charge in [-0.3, -0.25) is 4.79 Å². The van der Waals surface area contributed by atoms with E-state index in [0.29, 0.717) is 40.0 Å². The van der Waals surface area contributed by atoms with Gasteiger partial charge in [-0.2, -0.15) is 4.52 Å². The van der Waals surface area contributed by atoms with E-state index in [9.17, 15) is 4.79 Å². The molecule has 0 N–H and O–H groups in total. The first kappa shape index (κ1) is 17.8. The van der Waals surface area contributed by atoms with Crippen molar-refractivity contribution < 1.29 is 4.79 Å². The van der Waals surface area contributed by atoms with Crippen molar-refractivity contribution in [2.24, 2.45) is 0 Å². The Labute approximate surface area is 165 Å². The Morgan fingerprint density at radius 3 is 2.56 bits per heavy atom. The fourth-order valence-corrected chi connectivity index (χ4v) is 3.34. The third-order valence-electron chi connectivity index (χ3n) is 4.58. The maximum absolute atomic E-state index is 12.7. The highest BCUT2D eigenvalue weighted by Crippen LogP contribution is 2.25. The van der Waals surface area contributed by atoms with E-state index in [1.807, 2.05) is 17.0 Å². The van der Waals surface area contributed by atoms with Crippen LogP contribution in [-0.4, -0.2) is 56.7 Å². The molecule has 0 atom stereocenters. The number of allylic oxidation sites excluding steroid dienone is 1. The van der Waals surface area contributed by atoms with Crippen LogP contribution in [0, 0.1) is 0 Å². The van der Waals surface area contributed by atoms with E-state index in [4.69, 9.17) is 23.2 Å². The van der Waals surface area contributed by atoms with Crippen LogP contribution in [0.25, 0.3) is 5.65 Å². The number of anilines is 1. The highest BCUT2D eigenvalue weighted by Gasteiger charge is 2.23. The summed E-state index contributed by atoms with van der Waals surface area (Å²) in [5.74, 6) is 0.703. The average molecular weight is 403 g/mol. The maximum Gasteiger partial charge on any atom is 0.208 e. The van der Waals surface area contributed by atoms with Gasteiger partial charge >= 0.3 is 0 Å². The Bertz CT molecular complexity index is 1030. The number of piperazine rings is 1. The van der Waals surface area contributed by atoms with Crippen molar-refractivity contribution in [1.29, 1.82) is 0 Å². The molecule has 0 amide bonds. The predicted molar refractivity (Wildman–Crippen MR) is 105 cm³/mol. The molecular weight excluding hydrogens is 387 g/mol. The van der Waals surface area contributed by atoms with Crippen molar-refractivity contribution in [1.82, 2.24) is 24.7 Å². The van der Waals surface area contributed by atoms with Crippen molar-refractivity contribution >= 4 is 40.5 Å². The summed E-state index contributed by atoms with van der Waals surface area (Å²) >= 11 is 11.9. The molecule has 0 unspecified atom stereocenters. The van der Waals surface area contributed by atoms with Gasteiger partial charge in [-0.05, 0) is 30.3 Å². The van der Waals surface area contributed by atoms with E-state index in [1.165, 1.54) is 0 Å². The van der Waals surface area contributed by atoms with Crippen LogP contribution in [0.4, 0.5) is 5.82 Å². The summed E-state index contributed by atoms with van der Waals surface area (Å²) in [4.78, 5) is 16.8. The predicted octanol–water partition coefficient (Wildman–Crippen LogP) is 2.95. The lowest BCUT2D eigenvalue weighted by molar-refractivity contribution is 0.0989. The van der Waals surface area contributed by atoms with Crippen LogP contribution >= 0.6 is 23.2 Å². The largest absolute Gasteiger partial charge is 0.365 e. The van der Waals surface area contributed by atoms with Gasteiger partial charge in [0.25, 0.3) is 0 Å². The normalized spacial score (nSPS) is 14.6. The molecule has 9 heteroatoms. The van der Waals surface area contributed by atoms with Gasteiger partial charge in [0, 0.05) is 31.7 Å². The Morgan fingerprint density at radius 1 is 1.04 bits per heavy atom. The van der Waals surface area contributed by atoms with Crippen LogP contribution in [0.15, 0.2) is 48.9 Å². The molecule has 1 aliphatic rings. The molecule has 7 nitrogen and oxygen atoms in total. The fraction of sp³-hybridized carbons (Fsp3) is 0.222. The van der Waals surface area contributed by atoms with Crippen LogP contribution in [-0.2, 0) is 0 Å². The first-order valence-electron chi connectivity index (χ1n) is 8.38. The second-order valence-electron chi connectivity index (χ2n) is 6.20. The minimum absolute atomic E-state index is 0.147. The summed E-state index contributed by atoms with van der Waals surface area (Å²) in [7, 11) is 0. The highest BCUT2D eigenvalue weighted by atomic mass is 35.5. The molecule has 4 rings (SSSR count). The van der Waals surface area contributed by atoms with E-state index in [2.05, 4.69) is 26.8 Å². The van der Waals surface area contributed by atoms with Gasteiger partial charge in [0.15, 0.2) is 5.65 Å². The molecule has 0 bridgehead atoms. The molecule has 1 saturated heterocycles. The molecule has 27 heavy (non-hydrogen) atoms. The summed E-state index contributed by atoms with van der Waals surface area (Å²) in [5, 5.41) is 13.1. The van der Waals surface area contributed by atoms with Crippen LogP contribution in [0.3, 0.4) is 0 Å². The van der Waals surface area contributed by atoms with Crippen molar-refractivity contribution in [2.45, 2.75) is 0 Å². The SMILES string of the molecule is C=C(C(=O)c1ccc(Cl)c(Cl)c1)N1CCN(c2ccc3nncn3n2)CC1. The number of hydrogen-bond acceptors (Lipinski definition) is 6. The molecule has 0 radical (unpaired) electrons. The van der Waals surface area contributed by atoms with Crippen LogP contribution in [0.5, 0.6) is 0 Å². The zero-order valence-corrected chi connectivity index (χ0v) is 15.9. The number of fused-ring (bicyclic) bond motifs is 1. The molecule has 138 valence electrons. The molecule has 1 aliphatic heterocycles. The zero-order chi connectivity index (χ0) is 19.0. The van der Waals surface area contributed by atoms with Gasteiger partial charge in [0.2, 0.25) is 5.78 Å². The Balaban J connectivity index is 1.42. The third-order valence-corrected chi connectivity index (χ3v) is 5.32. The van der Waals surface area contributed by atoms with Gasteiger partial charge in [0.05, 0.1) is 15.7 Å². The second kappa shape index (κ2) is 7.17. The van der Waals surface area contributed by atoms with E-state index in [-0.39, 0.29) is 5.78 Å². The zero-order valence-electron chi connectivity index (χ0n) is 14.3. The lowest BCUT2D eigenvalue weighted by Crippen LogP contribution is -2.47. The average Bonchev–Trinajstić information content (AvgIpc) is 3.17. The van der Waals surface area contributed by atoms with Crippen molar-refractivity contribution in [3.05, 3.63) is 64.5 Å². The number of ketones is 1. The van der Waals surface area contributed by atoms with Crippen LogP contribution < -0.4 is 4.90 Å². The maximum atomic E-state index is 12.7. The molecule has 1 aromatic carbocycles. The topological polar surface area (TPSA) is 66.6 Å². The molecular formula is C18H16Cl2N6O. The number of benzene rings is 1. The Kier molecular flexibility index (Phi) is 4.72. The number of aromatic nitrogens is 4. The summed E-state index contributed by atoms with van der Waals surface area (Å²) in [6.07, 6.45) is 1.58. The third kappa shape index (κ3) is 3.48. The minimum Gasteiger partial charge on any atom is -0.365 e. The van der Waals surface area contributed by atoms with Gasteiger partial charge in [-0.15, -0.1) is 15.3 Å². The first-order chi connectivity index (χ1) is 13.0. The molecule has 0 saturated carbocycles. The molecule has 0 spiro atoms. The van der Waals surface area contributed by atoms with E-state index in [1.54, 1.807) is 29.0 Å². The Morgan fingerprint density at radius 2 is 1.81 bits per heavy atom. The summed E-state index contributed by atoms with van der Waals surface area (Å²) < 4.78 is 1.65. The monoisotopic (exact) mass is 402 g/mol. The second-order valence-corrected chi connectivity index (χ2v) is 7.02. The standard InChI is InChI=1S/C18H16Cl2N6O/c1-12(18(27)13-2-3-14(19)15(20)10-13)24-6-8-25(9-7-24)17-5-4-16-22-21-11-26(16)23-17/h2-5,10-11H,1,6-9H2. The lowest BCUT2D eigenvalue weighted by atomic mass is 10.1. The van der Waals surface area contributed by atoms with E-state index in [0.717, 1.165) is 18.9 Å². The van der Waals surface area contributed by atoms with Crippen molar-refractivity contribution in [3.8, 4) is 0 Å². The van der Waals surface area contributed by atoms with Gasteiger partial charge < -0.3 is 9.80 Å². The van der Waals surface area contributed by atoms with Crippen LogP contribution in [0.1, 0.15) is 10.4 Å².